The Morgan fingerprint density at radius 3 is 2.69 bits per heavy atom. The number of alkyl halides is 3. The van der Waals surface area contributed by atoms with Gasteiger partial charge >= 0.3 is 0 Å². The number of aliphatic hydroxyl groups excluding tert-OH is 1. The maximum absolute atomic E-state index is 16.8. The van der Waals surface area contributed by atoms with Crippen LogP contribution >= 0.6 is 11.8 Å². The quantitative estimate of drug-likeness (QED) is 0.704. The molecule has 4 nitrogen and oxygen atoms in total. The number of aliphatic hydroxyl groups is 2. The van der Waals surface area contributed by atoms with E-state index in [0.717, 1.165) is 6.08 Å². The molecule has 0 aromatic carbocycles. The largest absolute Gasteiger partial charge is 0.390 e. The van der Waals surface area contributed by atoms with E-state index in [1.807, 2.05) is 0 Å². The first-order valence-electron chi connectivity index (χ1n) is 9.87. The zero-order valence-electron chi connectivity index (χ0n) is 16.3. The third kappa shape index (κ3) is 2.42. The lowest BCUT2D eigenvalue weighted by Crippen LogP contribution is -2.70. The average molecular weight is 430 g/mol. The van der Waals surface area contributed by atoms with Gasteiger partial charge in [-0.15, -0.1) is 0 Å². The first-order valence-corrected chi connectivity index (χ1v) is 10.9. The normalized spacial score (nSPS) is 51.1. The predicted molar refractivity (Wildman–Crippen MR) is 102 cm³/mol. The van der Waals surface area contributed by atoms with Crippen molar-refractivity contribution in [1.29, 1.82) is 0 Å². The van der Waals surface area contributed by atoms with Crippen molar-refractivity contribution in [3.63, 3.8) is 0 Å². The van der Waals surface area contributed by atoms with Crippen molar-refractivity contribution in [2.75, 3.05) is 6.01 Å². The molecule has 29 heavy (non-hydrogen) atoms. The van der Waals surface area contributed by atoms with E-state index in [4.69, 9.17) is 0 Å². The molecular weight excluding hydrogens is 405 g/mol. The smallest absolute Gasteiger partial charge is 0.223 e. The van der Waals surface area contributed by atoms with Gasteiger partial charge in [-0.2, -0.15) is 0 Å². The first-order chi connectivity index (χ1) is 13.5. The molecule has 0 aliphatic heterocycles. The molecule has 0 spiro atoms. The zero-order chi connectivity index (χ0) is 21.4. The van der Waals surface area contributed by atoms with Gasteiger partial charge in [0.25, 0.3) is 0 Å². The summed E-state index contributed by atoms with van der Waals surface area (Å²) < 4.78 is 44.7. The number of thioether (sulfide) groups is 1. The van der Waals surface area contributed by atoms with Crippen LogP contribution in [0.25, 0.3) is 0 Å². The van der Waals surface area contributed by atoms with Crippen LogP contribution in [0, 0.1) is 22.7 Å². The van der Waals surface area contributed by atoms with Crippen molar-refractivity contribution >= 4 is 22.7 Å². The predicted octanol–water partition coefficient (Wildman–Crippen LogP) is 3.22. The molecule has 8 atom stereocenters. The lowest BCUT2D eigenvalue weighted by molar-refractivity contribution is -0.219. The summed E-state index contributed by atoms with van der Waals surface area (Å²) in [4.78, 5) is 24.3. The maximum Gasteiger partial charge on any atom is 0.223 e. The molecule has 160 valence electrons. The highest BCUT2D eigenvalue weighted by Crippen LogP contribution is 2.70. The third-order valence-corrected chi connectivity index (χ3v) is 9.01. The lowest BCUT2D eigenvalue weighted by Gasteiger charge is -2.62. The van der Waals surface area contributed by atoms with Gasteiger partial charge in [-0.1, -0.05) is 24.8 Å². The van der Waals surface area contributed by atoms with E-state index in [0.29, 0.717) is 11.8 Å². The standard InChI is InChI=1S/C21H25F3O4S/c1-18-5-3-11(25)7-14(18)15(23)8-13-12-4-6-20(28,17(27)29-10-22)19(12,2)9-16(26)21(13,18)24/h3,5,7,12-13,15-16,26,28H,4,6,8-10H2,1-2H3/t12-,13-,15-,16-,18-,19-,20-,21-/m0/s1. The Morgan fingerprint density at radius 1 is 1.34 bits per heavy atom. The van der Waals surface area contributed by atoms with Crippen LogP contribution in [0.15, 0.2) is 23.8 Å². The van der Waals surface area contributed by atoms with Gasteiger partial charge < -0.3 is 10.2 Å². The Hall–Kier alpha value is -1.12. The molecule has 3 saturated carbocycles. The van der Waals surface area contributed by atoms with Crippen LogP contribution in [0.1, 0.15) is 39.5 Å². The Labute approximate surface area is 171 Å². The highest BCUT2D eigenvalue weighted by molar-refractivity contribution is 8.13. The van der Waals surface area contributed by atoms with Gasteiger partial charge in [0.1, 0.15) is 17.8 Å². The fraction of sp³-hybridized carbons (Fsp3) is 0.714. The number of hydrogen-bond acceptors (Lipinski definition) is 5. The number of carbonyl (C=O) groups excluding carboxylic acids is 2. The van der Waals surface area contributed by atoms with Crippen LogP contribution < -0.4 is 0 Å². The highest BCUT2D eigenvalue weighted by Gasteiger charge is 2.75. The van der Waals surface area contributed by atoms with Gasteiger partial charge in [0.05, 0.1) is 6.10 Å². The van der Waals surface area contributed by atoms with E-state index >= 15 is 8.78 Å². The summed E-state index contributed by atoms with van der Waals surface area (Å²) in [6, 6.07) is -0.988. The Balaban J connectivity index is 1.81. The van der Waals surface area contributed by atoms with Crippen molar-refractivity contribution in [3.8, 4) is 0 Å². The summed E-state index contributed by atoms with van der Waals surface area (Å²) in [6.07, 6.45) is 0.367. The van der Waals surface area contributed by atoms with Gasteiger partial charge in [0, 0.05) is 16.7 Å². The van der Waals surface area contributed by atoms with Crippen molar-refractivity contribution in [2.24, 2.45) is 22.7 Å². The number of rotatable bonds is 2. The summed E-state index contributed by atoms with van der Waals surface area (Å²) in [6.45, 7) is 3.11. The molecule has 0 amide bonds. The van der Waals surface area contributed by atoms with Gasteiger partial charge in [-0.3, -0.25) is 9.59 Å². The Bertz CT molecular complexity index is 831. The topological polar surface area (TPSA) is 74.6 Å². The van der Waals surface area contributed by atoms with Gasteiger partial charge in [0.2, 0.25) is 5.12 Å². The minimum Gasteiger partial charge on any atom is -0.390 e. The van der Waals surface area contributed by atoms with E-state index in [2.05, 4.69) is 0 Å². The Kier molecular flexibility index (Phi) is 4.69. The molecule has 0 bridgehead atoms. The fourth-order valence-corrected chi connectivity index (χ4v) is 7.39. The van der Waals surface area contributed by atoms with Crippen LogP contribution in [0.5, 0.6) is 0 Å². The molecule has 4 aliphatic carbocycles. The molecule has 0 saturated heterocycles. The molecule has 3 fully saturated rings. The summed E-state index contributed by atoms with van der Waals surface area (Å²) in [5.41, 5.74) is -6.81. The molecule has 2 N–H and O–H groups in total. The maximum atomic E-state index is 16.8. The van der Waals surface area contributed by atoms with E-state index in [9.17, 15) is 24.2 Å². The molecule has 0 radical (unpaired) electrons. The molecular formula is C21H25F3O4S. The number of allylic oxidation sites excluding steroid dienone is 4. The number of carbonyl (C=O) groups is 2. The molecule has 8 heteroatoms. The Morgan fingerprint density at radius 2 is 2.03 bits per heavy atom. The van der Waals surface area contributed by atoms with Crippen LogP contribution in [0.3, 0.4) is 0 Å². The molecule has 0 aromatic heterocycles. The second-order valence-electron chi connectivity index (χ2n) is 9.30. The van der Waals surface area contributed by atoms with E-state index < -0.39 is 63.1 Å². The van der Waals surface area contributed by atoms with Crippen molar-refractivity contribution in [1.82, 2.24) is 0 Å². The van der Waals surface area contributed by atoms with Crippen molar-refractivity contribution < 1.29 is 33.0 Å². The zero-order valence-corrected chi connectivity index (χ0v) is 17.1. The molecule has 0 aromatic rings. The fourth-order valence-electron chi connectivity index (χ4n) is 6.71. The SMILES string of the molecule is C[C@]12C=CC(=O)C=C1[C@@H](F)C[C@H]1[C@@H]3CC[C@](O)(C(=O)SCF)[C@@]3(C)C[C@H](O)[C@@]12F. The van der Waals surface area contributed by atoms with Crippen LogP contribution in [0.2, 0.25) is 0 Å². The van der Waals surface area contributed by atoms with Gasteiger partial charge in [-0.25, -0.2) is 13.2 Å². The molecule has 0 heterocycles. The second-order valence-corrected chi connectivity index (χ2v) is 10.2. The van der Waals surface area contributed by atoms with E-state index in [1.165, 1.54) is 19.1 Å². The number of halogens is 3. The van der Waals surface area contributed by atoms with Crippen LogP contribution in [-0.4, -0.2) is 50.7 Å². The summed E-state index contributed by atoms with van der Waals surface area (Å²) in [5.74, 6) is -1.93. The number of fused-ring (bicyclic) bond motifs is 5. The second kappa shape index (κ2) is 6.44. The number of ketones is 1. The van der Waals surface area contributed by atoms with E-state index in [-0.39, 0.29) is 31.3 Å². The first kappa shape index (κ1) is 21.1. The average Bonchev–Trinajstić information content (AvgIpc) is 2.92. The summed E-state index contributed by atoms with van der Waals surface area (Å²) in [5, 5.41) is 21.5. The van der Waals surface area contributed by atoms with Crippen molar-refractivity contribution in [2.45, 2.75) is 63.1 Å². The molecule has 4 rings (SSSR count). The van der Waals surface area contributed by atoms with Gasteiger partial charge in [0.15, 0.2) is 11.5 Å². The van der Waals surface area contributed by atoms with Crippen LogP contribution in [0.4, 0.5) is 13.2 Å². The number of hydrogen-bond donors (Lipinski definition) is 2. The van der Waals surface area contributed by atoms with Crippen molar-refractivity contribution in [3.05, 3.63) is 23.8 Å². The minimum atomic E-state index is -2.25. The summed E-state index contributed by atoms with van der Waals surface area (Å²) >= 11 is 0.367. The van der Waals surface area contributed by atoms with Crippen LogP contribution in [-0.2, 0) is 9.59 Å². The molecule has 4 aliphatic rings. The minimum absolute atomic E-state index is 0.0178. The van der Waals surface area contributed by atoms with Gasteiger partial charge in [-0.05, 0) is 56.3 Å². The van der Waals surface area contributed by atoms with E-state index in [1.54, 1.807) is 6.92 Å². The summed E-state index contributed by atoms with van der Waals surface area (Å²) in [7, 11) is 0. The monoisotopic (exact) mass is 430 g/mol. The third-order valence-electron chi connectivity index (χ3n) is 8.30. The lowest BCUT2D eigenvalue weighted by atomic mass is 9.44. The molecule has 0 unspecified atom stereocenters. The highest BCUT2D eigenvalue weighted by atomic mass is 32.2.